The molecule has 25 heavy (non-hydrogen) atoms. The highest BCUT2D eigenvalue weighted by Crippen LogP contribution is 2.26. The van der Waals surface area contributed by atoms with Crippen molar-refractivity contribution in [3.8, 4) is 0 Å². The molecule has 0 aromatic heterocycles. The van der Waals surface area contributed by atoms with Crippen LogP contribution in [0.4, 0.5) is 11.4 Å². The summed E-state index contributed by atoms with van der Waals surface area (Å²) in [6.07, 6.45) is 0. The number of carboxylic acids is 1. The molecule has 2 aromatic rings. The Kier molecular flexibility index (Phi) is 5.68. The Labute approximate surface area is 156 Å². The van der Waals surface area contributed by atoms with Crippen LogP contribution in [0.3, 0.4) is 0 Å². The lowest BCUT2D eigenvalue weighted by atomic mass is 10.1. The number of carbonyl (C=O) groups is 1. The van der Waals surface area contributed by atoms with Crippen LogP contribution in [0.1, 0.15) is 15.9 Å². The summed E-state index contributed by atoms with van der Waals surface area (Å²) in [5, 5.41) is 15.7. The number of ether oxygens (including phenoxy) is 1. The van der Waals surface area contributed by atoms with Gasteiger partial charge >= 0.3 is 0 Å². The molecule has 0 spiro atoms. The van der Waals surface area contributed by atoms with Crippen molar-refractivity contribution in [3.63, 3.8) is 0 Å². The minimum atomic E-state index is -1.19. The van der Waals surface area contributed by atoms with E-state index in [1.165, 1.54) is 0 Å². The fourth-order valence-corrected chi connectivity index (χ4v) is 3.06. The topological polar surface area (TPSA) is 64.6 Å². The molecular weight excluding hydrogens is 363 g/mol. The number of hydrogen-bond donors (Lipinski definition) is 1. The first-order valence-corrected chi connectivity index (χ1v) is 8.66. The summed E-state index contributed by atoms with van der Waals surface area (Å²) in [5.74, 6) is -1.19. The van der Waals surface area contributed by atoms with Crippen LogP contribution in [0.2, 0.25) is 10.0 Å². The molecule has 1 heterocycles. The molecule has 1 saturated heterocycles. The van der Waals surface area contributed by atoms with Gasteiger partial charge in [-0.3, -0.25) is 0 Å². The normalized spacial score (nSPS) is 14.4. The second-order valence-electron chi connectivity index (χ2n) is 5.72. The van der Waals surface area contributed by atoms with Crippen molar-refractivity contribution in [1.82, 2.24) is 0 Å². The fraction of sp³-hybridized carbons (Fsp3) is 0.278. The zero-order valence-electron chi connectivity index (χ0n) is 13.4. The van der Waals surface area contributed by atoms with E-state index >= 15 is 0 Å². The van der Waals surface area contributed by atoms with Crippen LogP contribution in [0, 0.1) is 0 Å². The molecule has 3 rings (SSSR count). The summed E-state index contributed by atoms with van der Waals surface area (Å²) < 4.78 is 5.31. The third-order valence-corrected chi connectivity index (χ3v) is 4.79. The highest BCUT2D eigenvalue weighted by atomic mass is 35.5. The van der Waals surface area contributed by atoms with E-state index in [4.69, 9.17) is 27.9 Å². The molecule has 5 nitrogen and oxygen atoms in total. The quantitative estimate of drug-likeness (QED) is 0.864. The molecule has 1 fully saturated rings. The second-order valence-corrected chi connectivity index (χ2v) is 6.54. The highest BCUT2D eigenvalue weighted by Gasteiger charge is 2.15. The Bertz CT molecular complexity index is 777. The molecule has 0 saturated carbocycles. The number of carboxylic acid groups (broad SMARTS) is 1. The number of hydrogen-bond acceptors (Lipinski definition) is 5. The molecule has 0 radical (unpaired) electrons. The number of aromatic carboxylic acids is 1. The molecule has 2 aromatic carbocycles. The van der Waals surface area contributed by atoms with E-state index in [0.29, 0.717) is 54.3 Å². The minimum absolute atomic E-state index is 0.168. The Morgan fingerprint density at radius 3 is 2.56 bits per heavy atom. The van der Waals surface area contributed by atoms with E-state index in [0.717, 1.165) is 5.56 Å². The molecule has 132 valence electrons. The van der Waals surface area contributed by atoms with Gasteiger partial charge in [0.15, 0.2) is 0 Å². The largest absolute Gasteiger partial charge is 0.545 e. The number of morpholine rings is 1. The number of nitrogens with zero attached hydrogens (tertiary/aromatic N) is 1. The first-order valence-electron chi connectivity index (χ1n) is 7.90. The van der Waals surface area contributed by atoms with E-state index in [9.17, 15) is 9.90 Å². The van der Waals surface area contributed by atoms with Crippen LogP contribution in [-0.2, 0) is 11.3 Å². The van der Waals surface area contributed by atoms with Crippen molar-refractivity contribution in [2.45, 2.75) is 6.54 Å². The molecule has 7 heteroatoms. The van der Waals surface area contributed by atoms with E-state index in [2.05, 4.69) is 5.32 Å². The summed E-state index contributed by atoms with van der Waals surface area (Å²) in [7, 11) is 0. The van der Waals surface area contributed by atoms with Gasteiger partial charge in [0.1, 0.15) is 0 Å². The molecule has 1 N–H and O–H groups in total. The maximum Gasteiger partial charge on any atom is 0.0736 e. The van der Waals surface area contributed by atoms with Gasteiger partial charge in [0.05, 0.1) is 29.2 Å². The predicted molar refractivity (Wildman–Crippen MR) is 97.6 cm³/mol. The third-order valence-electron chi connectivity index (χ3n) is 4.05. The van der Waals surface area contributed by atoms with Gasteiger partial charge in [0.2, 0.25) is 0 Å². The van der Waals surface area contributed by atoms with Crippen molar-refractivity contribution in [2.75, 3.05) is 36.5 Å². The molecule has 0 unspecified atom stereocenters. The maximum absolute atomic E-state index is 11.5. The predicted octanol–water partition coefficient (Wildman–Crippen LogP) is 2.81. The van der Waals surface area contributed by atoms with Gasteiger partial charge in [-0.15, -0.1) is 0 Å². The fourth-order valence-electron chi connectivity index (χ4n) is 2.74. The van der Waals surface area contributed by atoms with Gasteiger partial charge in [-0.25, -0.2) is 0 Å². The maximum atomic E-state index is 11.5. The van der Waals surface area contributed by atoms with Gasteiger partial charge in [-0.1, -0.05) is 29.3 Å². The molecule has 0 atom stereocenters. The SMILES string of the molecule is O=C([O-])c1cc(NCc2ccc(Cl)c(Cl)c2)ccc1N1CCOCC1. The molecular formula is C18H17Cl2N2O3-. The number of halogens is 2. The monoisotopic (exact) mass is 379 g/mol. The standard InChI is InChI=1S/C18H18Cl2N2O3/c19-15-3-1-12(9-16(15)20)11-21-13-2-4-17(14(10-13)18(23)24)22-5-7-25-8-6-22/h1-4,9-10,21H,5-8,11H2,(H,23,24)/p-1. The van der Waals surface area contributed by atoms with Gasteiger partial charge in [0.25, 0.3) is 0 Å². The van der Waals surface area contributed by atoms with Gasteiger partial charge in [0, 0.05) is 36.6 Å². The highest BCUT2D eigenvalue weighted by molar-refractivity contribution is 6.42. The lowest BCUT2D eigenvalue weighted by Gasteiger charge is -2.31. The average Bonchev–Trinajstić information content (AvgIpc) is 2.63. The van der Waals surface area contributed by atoms with Gasteiger partial charge < -0.3 is 24.9 Å². The Morgan fingerprint density at radius 2 is 1.88 bits per heavy atom. The number of nitrogens with one attached hydrogen (secondary N) is 1. The zero-order valence-corrected chi connectivity index (χ0v) is 14.9. The van der Waals surface area contributed by atoms with Crippen LogP contribution in [0.5, 0.6) is 0 Å². The minimum Gasteiger partial charge on any atom is -0.545 e. The van der Waals surface area contributed by atoms with Crippen molar-refractivity contribution in [3.05, 3.63) is 57.6 Å². The van der Waals surface area contributed by atoms with Crippen molar-refractivity contribution < 1.29 is 14.6 Å². The summed E-state index contributed by atoms with van der Waals surface area (Å²) in [4.78, 5) is 13.5. The third kappa shape index (κ3) is 4.37. The number of rotatable bonds is 5. The van der Waals surface area contributed by atoms with Crippen molar-refractivity contribution in [1.29, 1.82) is 0 Å². The van der Waals surface area contributed by atoms with E-state index in [-0.39, 0.29) is 5.56 Å². The summed E-state index contributed by atoms with van der Waals surface area (Å²) in [5.41, 5.74) is 2.47. The van der Waals surface area contributed by atoms with Crippen LogP contribution in [0.25, 0.3) is 0 Å². The smallest absolute Gasteiger partial charge is 0.0736 e. The van der Waals surface area contributed by atoms with E-state index in [1.807, 2.05) is 17.0 Å². The number of benzene rings is 2. The number of carbonyl (C=O) groups excluding carboxylic acids is 1. The molecule has 1 aliphatic heterocycles. The zero-order chi connectivity index (χ0) is 17.8. The summed E-state index contributed by atoms with van der Waals surface area (Å²) >= 11 is 11.9. The molecule has 0 bridgehead atoms. The van der Waals surface area contributed by atoms with Crippen LogP contribution in [0.15, 0.2) is 36.4 Å². The van der Waals surface area contributed by atoms with Crippen LogP contribution >= 0.6 is 23.2 Å². The Balaban J connectivity index is 1.76. The average molecular weight is 380 g/mol. The first kappa shape index (κ1) is 17.9. The van der Waals surface area contributed by atoms with Gasteiger partial charge in [-0.2, -0.15) is 0 Å². The van der Waals surface area contributed by atoms with Gasteiger partial charge in [-0.05, 0) is 35.9 Å². The van der Waals surface area contributed by atoms with Crippen molar-refractivity contribution >= 4 is 40.5 Å². The van der Waals surface area contributed by atoms with Crippen LogP contribution < -0.4 is 15.3 Å². The van der Waals surface area contributed by atoms with E-state index in [1.54, 1.807) is 24.3 Å². The molecule has 0 amide bonds. The lowest BCUT2D eigenvalue weighted by molar-refractivity contribution is -0.254. The number of anilines is 2. The first-order chi connectivity index (χ1) is 12.0. The second kappa shape index (κ2) is 7.95. The molecule has 0 aliphatic carbocycles. The summed E-state index contributed by atoms with van der Waals surface area (Å²) in [6.45, 7) is 3.00. The Hall–Kier alpha value is -1.95. The van der Waals surface area contributed by atoms with Crippen molar-refractivity contribution in [2.24, 2.45) is 0 Å². The Morgan fingerprint density at radius 1 is 1.12 bits per heavy atom. The molecule has 1 aliphatic rings. The summed E-state index contributed by atoms with van der Waals surface area (Å²) in [6, 6.07) is 10.6. The lowest BCUT2D eigenvalue weighted by Crippen LogP contribution is -2.38. The van der Waals surface area contributed by atoms with Crippen LogP contribution in [-0.4, -0.2) is 32.3 Å². The van der Waals surface area contributed by atoms with E-state index < -0.39 is 5.97 Å².